The Balaban J connectivity index is 2.94. The van der Waals surface area contributed by atoms with Gasteiger partial charge in [-0.3, -0.25) is 9.59 Å². The molecular formula is C14H25N3O4. The maximum Gasteiger partial charge on any atom is 0.321 e. The number of hydrogen-bond acceptors (Lipinski definition) is 3. The van der Waals surface area contributed by atoms with Gasteiger partial charge < -0.3 is 19.8 Å². The van der Waals surface area contributed by atoms with E-state index in [1.807, 2.05) is 0 Å². The monoisotopic (exact) mass is 299 g/mol. The van der Waals surface area contributed by atoms with Crippen molar-refractivity contribution >= 4 is 17.9 Å². The zero-order valence-electron chi connectivity index (χ0n) is 13.4. The number of carboxylic acid groups (broad SMARTS) is 1. The summed E-state index contributed by atoms with van der Waals surface area (Å²) in [5, 5.41) is 8.89. The summed E-state index contributed by atoms with van der Waals surface area (Å²) in [7, 11) is 1.72. The van der Waals surface area contributed by atoms with Gasteiger partial charge in [0.2, 0.25) is 5.91 Å². The highest BCUT2D eigenvalue weighted by molar-refractivity contribution is 5.91. The molecule has 120 valence electrons. The molecule has 0 saturated carbocycles. The first-order valence-corrected chi connectivity index (χ1v) is 7.18. The van der Waals surface area contributed by atoms with E-state index in [0.717, 1.165) is 0 Å². The highest BCUT2D eigenvalue weighted by Crippen LogP contribution is 2.24. The van der Waals surface area contributed by atoms with Crippen LogP contribution >= 0.6 is 0 Å². The highest BCUT2D eigenvalue weighted by atomic mass is 16.4. The van der Waals surface area contributed by atoms with Gasteiger partial charge in [0.1, 0.15) is 5.54 Å². The van der Waals surface area contributed by atoms with Gasteiger partial charge in [-0.05, 0) is 27.7 Å². The fourth-order valence-electron chi connectivity index (χ4n) is 2.70. The Kier molecular flexibility index (Phi) is 5.20. The highest BCUT2D eigenvalue weighted by Gasteiger charge is 2.44. The summed E-state index contributed by atoms with van der Waals surface area (Å²) >= 11 is 0. The predicted molar refractivity (Wildman–Crippen MR) is 77.9 cm³/mol. The van der Waals surface area contributed by atoms with Crippen LogP contribution in [0.2, 0.25) is 0 Å². The second-order valence-electron chi connectivity index (χ2n) is 5.95. The van der Waals surface area contributed by atoms with E-state index in [-0.39, 0.29) is 18.4 Å². The second kappa shape index (κ2) is 6.32. The predicted octanol–water partition coefficient (Wildman–Crippen LogP) is 0.844. The molecule has 1 aliphatic rings. The molecule has 0 bridgehead atoms. The summed E-state index contributed by atoms with van der Waals surface area (Å²) in [5.74, 6) is -1.05. The first kappa shape index (κ1) is 17.3. The van der Waals surface area contributed by atoms with Crippen LogP contribution in [0.25, 0.3) is 0 Å². The number of nitrogens with zero attached hydrogens (tertiary/aromatic N) is 3. The van der Waals surface area contributed by atoms with Crippen LogP contribution in [0.15, 0.2) is 0 Å². The maximum atomic E-state index is 12.7. The molecule has 21 heavy (non-hydrogen) atoms. The molecule has 0 spiro atoms. The van der Waals surface area contributed by atoms with Crippen LogP contribution in [0.1, 0.15) is 34.1 Å². The lowest BCUT2D eigenvalue weighted by molar-refractivity contribution is -0.145. The van der Waals surface area contributed by atoms with E-state index >= 15 is 0 Å². The van der Waals surface area contributed by atoms with Crippen molar-refractivity contribution in [2.24, 2.45) is 0 Å². The molecule has 1 N–H and O–H groups in total. The minimum atomic E-state index is -0.942. The van der Waals surface area contributed by atoms with Crippen LogP contribution in [0.3, 0.4) is 0 Å². The molecule has 0 aromatic heterocycles. The molecular weight excluding hydrogens is 274 g/mol. The molecule has 1 aliphatic heterocycles. The molecule has 7 nitrogen and oxygen atoms in total. The van der Waals surface area contributed by atoms with Crippen LogP contribution in [-0.4, -0.2) is 76.0 Å². The van der Waals surface area contributed by atoms with Crippen LogP contribution in [-0.2, 0) is 9.59 Å². The molecule has 1 unspecified atom stereocenters. The maximum absolute atomic E-state index is 12.7. The molecule has 0 aliphatic carbocycles. The quantitative estimate of drug-likeness (QED) is 0.834. The Morgan fingerprint density at radius 2 is 1.95 bits per heavy atom. The molecule has 1 saturated heterocycles. The Morgan fingerprint density at radius 3 is 2.43 bits per heavy atom. The van der Waals surface area contributed by atoms with Gasteiger partial charge >= 0.3 is 12.0 Å². The lowest BCUT2D eigenvalue weighted by Crippen LogP contribution is -2.66. The number of carboxylic acids is 1. The number of amides is 3. The molecule has 0 radical (unpaired) electrons. The van der Waals surface area contributed by atoms with Crippen LogP contribution < -0.4 is 0 Å². The molecule has 0 aromatic rings. The Labute approximate surface area is 125 Å². The number of hydrogen-bond donors (Lipinski definition) is 1. The van der Waals surface area contributed by atoms with Crippen molar-refractivity contribution in [3.63, 3.8) is 0 Å². The third kappa shape index (κ3) is 3.46. The minimum Gasteiger partial charge on any atom is -0.481 e. The fraction of sp³-hybridized carbons (Fsp3) is 0.786. The number of piperazine rings is 1. The summed E-state index contributed by atoms with van der Waals surface area (Å²) in [4.78, 5) is 40.4. The van der Waals surface area contributed by atoms with Crippen molar-refractivity contribution < 1.29 is 19.5 Å². The normalized spacial score (nSPS) is 19.4. The van der Waals surface area contributed by atoms with E-state index in [1.54, 1.807) is 39.6 Å². The van der Waals surface area contributed by atoms with Crippen LogP contribution in [0.4, 0.5) is 4.79 Å². The van der Waals surface area contributed by atoms with Crippen LogP contribution in [0.5, 0.6) is 0 Å². The SMILES string of the molecule is CCN(C(=O)N1CCN(C)C(=O)C1(C)C)C(C)CC(=O)O. The summed E-state index contributed by atoms with van der Waals surface area (Å²) in [6.45, 7) is 8.30. The van der Waals surface area contributed by atoms with E-state index < -0.39 is 17.6 Å². The number of likely N-dealkylation sites (N-methyl/N-ethyl adjacent to an activating group) is 1. The largest absolute Gasteiger partial charge is 0.481 e. The Morgan fingerprint density at radius 1 is 1.38 bits per heavy atom. The molecule has 1 heterocycles. The summed E-state index contributed by atoms with van der Waals surface area (Å²) in [6.07, 6.45) is -0.109. The van der Waals surface area contributed by atoms with Gasteiger partial charge in [0.15, 0.2) is 0 Å². The van der Waals surface area contributed by atoms with Crippen LogP contribution in [0, 0.1) is 0 Å². The number of aliphatic carboxylic acids is 1. The van der Waals surface area contributed by atoms with E-state index in [9.17, 15) is 14.4 Å². The molecule has 7 heteroatoms. The fourth-order valence-corrected chi connectivity index (χ4v) is 2.70. The second-order valence-corrected chi connectivity index (χ2v) is 5.95. The number of carbonyl (C=O) groups is 3. The van der Waals surface area contributed by atoms with Crippen molar-refractivity contribution in [2.75, 3.05) is 26.7 Å². The lowest BCUT2D eigenvalue weighted by atomic mass is 9.98. The van der Waals surface area contributed by atoms with E-state index in [0.29, 0.717) is 19.6 Å². The molecule has 1 fully saturated rings. The number of urea groups is 1. The van der Waals surface area contributed by atoms with E-state index in [1.165, 1.54) is 9.80 Å². The topological polar surface area (TPSA) is 81.2 Å². The average molecular weight is 299 g/mol. The van der Waals surface area contributed by atoms with Crippen molar-refractivity contribution in [1.82, 2.24) is 14.7 Å². The van der Waals surface area contributed by atoms with Gasteiger partial charge in [-0.2, -0.15) is 0 Å². The Bertz CT molecular complexity index is 436. The van der Waals surface area contributed by atoms with Gasteiger partial charge in [-0.25, -0.2) is 4.79 Å². The molecule has 3 amide bonds. The number of rotatable bonds is 4. The smallest absolute Gasteiger partial charge is 0.321 e. The Hall–Kier alpha value is -1.79. The van der Waals surface area contributed by atoms with E-state index in [2.05, 4.69) is 0 Å². The molecule has 0 aromatic carbocycles. The first-order chi connectivity index (χ1) is 9.62. The van der Waals surface area contributed by atoms with Gasteiger partial charge in [0, 0.05) is 32.7 Å². The van der Waals surface area contributed by atoms with Crippen molar-refractivity contribution in [3.05, 3.63) is 0 Å². The molecule has 1 rings (SSSR count). The van der Waals surface area contributed by atoms with E-state index in [4.69, 9.17) is 5.11 Å². The van der Waals surface area contributed by atoms with Gasteiger partial charge in [-0.15, -0.1) is 0 Å². The van der Waals surface area contributed by atoms with Crippen molar-refractivity contribution in [1.29, 1.82) is 0 Å². The number of carbonyl (C=O) groups excluding carboxylic acids is 2. The van der Waals surface area contributed by atoms with Gasteiger partial charge in [0.25, 0.3) is 0 Å². The van der Waals surface area contributed by atoms with Gasteiger partial charge in [-0.1, -0.05) is 0 Å². The van der Waals surface area contributed by atoms with Gasteiger partial charge in [0.05, 0.1) is 6.42 Å². The molecule has 1 atom stereocenters. The standard InChI is InChI=1S/C14H25N3O4/c1-6-16(10(2)9-11(18)19)13(21)17-8-7-15(5)12(20)14(17,3)4/h10H,6-9H2,1-5H3,(H,18,19). The zero-order valence-corrected chi connectivity index (χ0v) is 13.4. The third-order valence-electron chi connectivity index (χ3n) is 4.02. The summed E-state index contributed by atoms with van der Waals surface area (Å²) < 4.78 is 0. The third-order valence-corrected chi connectivity index (χ3v) is 4.02. The summed E-state index contributed by atoms with van der Waals surface area (Å²) in [5.41, 5.74) is -0.916. The summed E-state index contributed by atoms with van der Waals surface area (Å²) in [6, 6.07) is -0.691. The average Bonchev–Trinajstić information content (AvgIpc) is 2.35. The first-order valence-electron chi connectivity index (χ1n) is 7.18. The lowest BCUT2D eigenvalue weighted by Gasteiger charge is -2.47. The van der Waals surface area contributed by atoms with Crippen molar-refractivity contribution in [3.8, 4) is 0 Å². The minimum absolute atomic E-state index is 0.107. The van der Waals surface area contributed by atoms with Crippen molar-refractivity contribution in [2.45, 2.75) is 45.7 Å². The zero-order chi connectivity index (χ0) is 16.4.